The smallest absolute Gasteiger partial charge is 0.0728 e. The van der Waals surface area contributed by atoms with Crippen LogP contribution in [0.5, 0.6) is 0 Å². The molecule has 0 atom stereocenters. The summed E-state index contributed by atoms with van der Waals surface area (Å²) < 4.78 is 5.10. The number of halogens is 1. The molecule has 82 valence electrons. The summed E-state index contributed by atoms with van der Waals surface area (Å²) in [6, 6.07) is 6.45. The third-order valence-electron chi connectivity index (χ3n) is 2.44. The molecule has 0 spiro atoms. The maximum atomic E-state index is 6.16. The summed E-state index contributed by atoms with van der Waals surface area (Å²) in [6.45, 7) is 1.57. The van der Waals surface area contributed by atoms with Crippen LogP contribution in [-0.4, -0.2) is 33.4 Å². The fourth-order valence-corrected chi connectivity index (χ4v) is 1.86. The second-order valence-corrected chi connectivity index (χ2v) is 4.35. The summed E-state index contributed by atoms with van der Waals surface area (Å²) in [4.78, 5) is 2.00. The van der Waals surface area contributed by atoms with Crippen molar-refractivity contribution < 1.29 is 4.74 Å². The average Bonchev–Trinajstić information content (AvgIpc) is 2.11. The van der Waals surface area contributed by atoms with Crippen molar-refractivity contribution in [2.45, 2.75) is 6.04 Å². The van der Waals surface area contributed by atoms with Crippen LogP contribution in [0.4, 0.5) is 11.4 Å². The van der Waals surface area contributed by atoms with Gasteiger partial charge < -0.3 is 15.0 Å². The molecular weight excluding hydrogens is 212 g/mol. The Labute approximate surface area is 95.0 Å². The zero-order valence-corrected chi connectivity index (χ0v) is 9.71. The third kappa shape index (κ3) is 2.36. The summed E-state index contributed by atoms with van der Waals surface area (Å²) in [5, 5.41) is 4.13. The van der Waals surface area contributed by atoms with Crippen molar-refractivity contribution in [1.29, 1.82) is 0 Å². The summed E-state index contributed by atoms with van der Waals surface area (Å²) >= 11 is 6.16. The number of hydrogen-bond donors (Lipinski definition) is 1. The predicted molar refractivity (Wildman–Crippen MR) is 64.0 cm³/mol. The van der Waals surface area contributed by atoms with Gasteiger partial charge in [-0.05, 0) is 18.2 Å². The monoisotopic (exact) mass is 226 g/mol. The van der Waals surface area contributed by atoms with E-state index in [1.807, 2.05) is 37.2 Å². The van der Waals surface area contributed by atoms with Crippen molar-refractivity contribution >= 4 is 23.0 Å². The Kier molecular flexibility index (Phi) is 3.03. The van der Waals surface area contributed by atoms with E-state index in [4.69, 9.17) is 16.3 Å². The SMILES string of the molecule is CN(C)c1ccc(NC2COC2)cc1Cl. The van der Waals surface area contributed by atoms with Gasteiger partial charge in [0.15, 0.2) is 0 Å². The Morgan fingerprint density at radius 2 is 2.13 bits per heavy atom. The molecule has 15 heavy (non-hydrogen) atoms. The molecule has 0 saturated carbocycles. The fourth-order valence-electron chi connectivity index (χ4n) is 1.51. The highest BCUT2D eigenvalue weighted by atomic mass is 35.5. The van der Waals surface area contributed by atoms with Gasteiger partial charge in [-0.3, -0.25) is 0 Å². The minimum absolute atomic E-state index is 0.436. The molecule has 1 saturated heterocycles. The van der Waals surface area contributed by atoms with Crippen molar-refractivity contribution in [2.75, 3.05) is 37.5 Å². The molecular formula is C11H15ClN2O. The van der Waals surface area contributed by atoms with Crippen LogP contribution in [0.1, 0.15) is 0 Å². The van der Waals surface area contributed by atoms with Crippen molar-refractivity contribution in [3.05, 3.63) is 23.2 Å². The van der Waals surface area contributed by atoms with E-state index < -0.39 is 0 Å². The van der Waals surface area contributed by atoms with Gasteiger partial charge in [-0.1, -0.05) is 11.6 Å². The van der Waals surface area contributed by atoms with Crippen molar-refractivity contribution in [2.24, 2.45) is 0 Å². The third-order valence-corrected chi connectivity index (χ3v) is 2.74. The van der Waals surface area contributed by atoms with Gasteiger partial charge in [0, 0.05) is 19.8 Å². The quantitative estimate of drug-likeness (QED) is 0.856. The second kappa shape index (κ2) is 4.29. The lowest BCUT2D eigenvalue weighted by Crippen LogP contribution is -2.40. The Morgan fingerprint density at radius 1 is 1.40 bits per heavy atom. The lowest BCUT2D eigenvalue weighted by molar-refractivity contribution is 0.0211. The zero-order valence-electron chi connectivity index (χ0n) is 8.96. The highest BCUT2D eigenvalue weighted by molar-refractivity contribution is 6.33. The normalized spacial score (nSPS) is 15.9. The molecule has 1 aromatic carbocycles. The maximum Gasteiger partial charge on any atom is 0.0728 e. The molecule has 1 N–H and O–H groups in total. The number of benzene rings is 1. The average molecular weight is 227 g/mol. The van der Waals surface area contributed by atoms with E-state index in [0.29, 0.717) is 6.04 Å². The van der Waals surface area contributed by atoms with Gasteiger partial charge in [0.1, 0.15) is 0 Å². The topological polar surface area (TPSA) is 24.5 Å². The van der Waals surface area contributed by atoms with Crippen molar-refractivity contribution in [1.82, 2.24) is 0 Å². The summed E-state index contributed by atoms with van der Waals surface area (Å²) in [5.41, 5.74) is 2.09. The van der Waals surface area contributed by atoms with Gasteiger partial charge in [0.25, 0.3) is 0 Å². The molecule has 1 aliphatic heterocycles. The molecule has 1 heterocycles. The van der Waals surface area contributed by atoms with Crippen LogP contribution in [0.2, 0.25) is 5.02 Å². The number of nitrogens with zero attached hydrogens (tertiary/aromatic N) is 1. The number of hydrogen-bond acceptors (Lipinski definition) is 3. The second-order valence-electron chi connectivity index (χ2n) is 3.94. The van der Waals surface area contributed by atoms with Gasteiger partial charge >= 0.3 is 0 Å². The van der Waals surface area contributed by atoms with Crippen LogP contribution in [0, 0.1) is 0 Å². The molecule has 3 nitrogen and oxygen atoms in total. The zero-order chi connectivity index (χ0) is 10.8. The first-order valence-electron chi connectivity index (χ1n) is 4.98. The van der Waals surface area contributed by atoms with Gasteiger partial charge in [0.2, 0.25) is 0 Å². The summed E-state index contributed by atoms with van der Waals surface area (Å²) in [7, 11) is 3.96. The van der Waals surface area contributed by atoms with Crippen LogP contribution in [0.25, 0.3) is 0 Å². The Morgan fingerprint density at radius 3 is 2.60 bits per heavy atom. The van der Waals surface area contributed by atoms with Crippen LogP contribution in [0.15, 0.2) is 18.2 Å². The molecule has 0 aromatic heterocycles. The Hall–Kier alpha value is -0.930. The minimum atomic E-state index is 0.436. The molecule has 0 unspecified atom stereocenters. The highest BCUT2D eigenvalue weighted by Crippen LogP contribution is 2.28. The van der Waals surface area contributed by atoms with Crippen LogP contribution < -0.4 is 10.2 Å². The number of nitrogens with one attached hydrogen (secondary N) is 1. The highest BCUT2D eigenvalue weighted by Gasteiger charge is 2.17. The first kappa shape index (κ1) is 10.6. The van der Waals surface area contributed by atoms with E-state index in [1.54, 1.807) is 0 Å². The predicted octanol–water partition coefficient (Wildman–Crippen LogP) is 2.22. The standard InChI is InChI=1S/C11H15ClN2O/c1-14(2)11-4-3-8(5-10(11)12)13-9-6-15-7-9/h3-5,9,13H,6-7H2,1-2H3. The molecule has 0 amide bonds. The molecule has 0 radical (unpaired) electrons. The number of ether oxygens (including phenoxy) is 1. The van der Waals surface area contributed by atoms with E-state index >= 15 is 0 Å². The Bertz CT molecular complexity index is 350. The molecule has 2 rings (SSSR count). The van der Waals surface area contributed by atoms with E-state index in [2.05, 4.69) is 5.32 Å². The van der Waals surface area contributed by atoms with Crippen molar-refractivity contribution in [3.8, 4) is 0 Å². The van der Waals surface area contributed by atoms with Gasteiger partial charge in [-0.25, -0.2) is 0 Å². The fraction of sp³-hybridized carbons (Fsp3) is 0.455. The molecule has 1 fully saturated rings. The van der Waals surface area contributed by atoms with E-state index in [-0.39, 0.29) is 0 Å². The molecule has 0 bridgehead atoms. The van der Waals surface area contributed by atoms with Gasteiger partial charge in [-0.2, -0.15) is 0 Å². The van der Waals surface area contributed by atoms with E-state index in [9.17, 15) is 0 Å². The van der Waals surface area contributed by atoms with Crippen LogP contribution in [-0.2, 0) is 4.74 Å². The lowest BCUT2D eigenvalue weighted by atomic mass is 10.2. The molecule has 1 aliphatic rings. The van der Waals surface area contributed by atoms with Crippen LogP contribution >= 0.6 is 11.6 Å². The van der Waals surface area contributed by atoms with Gasteiger partial charge in [0.05, 0.1) is 30.0 Å². The largest absolute Gasteiger partial charge is 0.378 e. The number of rotatable bonds is 3. The van der Waals surface area contributed by atoms with Gasteiger partial charge in [-0.15, -0.1) is 0 Å². The van der Waals surface area contributed by atoms with Crippen LogP contribution in [0.3, 0.4) is 0 Å². The summed E-state index contributed by atoms with van der Waals surface area (Å²) in [6.07, 6.45) is 0. The van der Waals surface area contributed by atoms with Crippen molar-refractivity contribution in [3.63, 3.8) is 0 Å². The Balaban J connectivity index is 2.10. The molecule has 0 aliphatic carbocycles. The first-order chi connectivity index (χ1) is 7.16. The number of anilines is 2. The van der Waals surface area contributed by atoms with E-state index in [0.717, 1.165) is 29.6 Å². The first-order valence-corrected chi connectivity index (χ1v) is 5.36. The minimum Gasteiger partial charge on any atom is -0.378 e. The molecule has 4 heteroatoms. The maximum absolute atomic E-state index is 6.16. The van der Waals surface area contributed by atoms with E-state index in [1.165, 1.54) is 0 Å². The summed E-state index contributed by atoms with van der Waals surface area (Å²) in [5.74, 6) is 0. The molecule has 1 aromatic rings. The lowest BCUT2D eigenvalue weighted by Gasteiger charge is -2.28.